The summed E-state index contributed by atoms with van der Waals surface area (Å²) in [5.41, 5.74) is 3.52. The predicted molar refractivity (Wildman–Crippen MR) is 147 cm³/mol. The van der Waals surface area contributed by atoms with Crippen molar-refractivity contribution in [2.45, 2.75) is 37.3 Å². The van der Waals surface area contributed by atoms with Crippen LogP contribution in [0.15, 0.2) is 60.7 Å². The topological polar surface area (TPSA) is 111 Å². The Bertz CT molecular complexity index is 1180. The van der Waals surface area contributed by atoms with E-state index in [4.69, 9.17) is 9.84 Å². The van der Waals surface area contributed by atoms with E-state index < -0.39 is 6.09 Å². The van der Waals surface area contributed by atoms with Crippen molar-refractivity contribution in [2.75, 3.05) is 39.3 Å². The third kappa shape index (κ3) is 6.60. The minimum absolute atomic E-state index is 0.00703. The van der Waals surface area contributed by atoms with Crippen LogP contribution in [-0.4, -0.2) is 84.4 Å². The molecule has 0 spiro atoms. The number of hydrogen-bond acceptors (Lipinski definition) is 4. The summed E-state index contributed by atoms with van der Waals surface area (Å²) >= 11 is 0. The first-order valence-electron chi connectivity index (χ1n) is 13.7. The number of ether oxygens (including phenoxy) is 1. The fourth-order valence-electron chi connectivity index (χ4n) is 6.05. The molecule has 4 amide bonds. The van der Waals surface area contributed by atoms with E-state index in [1.165, 1.54) is 11.1 Å². The number of carboxylic acid groups (broad SMARTS) is 1. The molecule has 0 bridgehead atoms. The monoisotopic (exact) mass is 532 g/mol. The minimum Gasteiger partial charge on any atom is -0.465 e. The highest BCUT2D eigenvalue weighted by molar-refractivity contribution is 5.79. The zero-order valence-electron chi connectivity index (χ0n) is 22.0. The Morgan fingerprint density at radius 1 is 1.00 bits per heavy atom. The van der Waals surface area contributed by atoms with Crippen molar-refractivity contribution < 1.29 is 24.2 Å². The molecule has 206 valence electrons. The first-order chi connectivity index (χ1) is 19.0. The van der Waals surface area contributed by atoms with Gasteiger partial charge in [-0.05, 0) is 41.9 Å². The minimum atomic E-state index is -1.04. The average molecular weight is 533 g/mol. The fourth-order valence-corrected chi connectivity index (χ4v) is 6.05. The molecular weight excluding hydrogens is 496 g/mol. The smallest absolute Gasteiger partial charge is 0.404 e. The molecule has 3 N–H and O–H groups in total. The first kappa shape index (κ1) is 26.7. The van der Waals surface area contributed by atoms with Crippen LogP contribution in [0.1, 0.15) is 41.9 Å². The Kier molecular flexibility index (Phi) is 8.46. The van der Waals surface area contributed by atoms with Gasteiger partial charge in [-0.3, -0.25) is 4.79 Å². The molecule has 3 aliphatic heterocycles. The van der Waals surface area contributed by atoms with E-state index >= 15 is 0 Å². The Labute approximate surface area is 228 Å². The number of hydrogen-bond donors (Lipinski definition) is 3. The maximum Gasteiger partial charge on any atom is 0.404 e. The van der Waals surface area contributed by atoms with Crippen LogP contribution in [0.5, 0.6) is 0 Å². The van der Waals surface area contributed by atoms with E-state index in [9.17, 15) is 14.4 Å². The molecule has 0 saturated carbocycles. The van der Waals surface area contributed by atoms with Crippen LogP contribution in [0.2, 0.25) is 0 Å². The van der Waals surface area contributed by atoms with E-state index in [0.717, 1.165) is 24.8 Å². The Morgan fingerprint density at radius 2 is 1.69 bits per heavy atom. The van der Waals surface area contributed by atoms with Crippen molar-refractivity contribution >= 4 is 24.1 Å². The van der Waals surface area contributed by atoms with Crippen molar-refractivity contribution in [2.24, 2.45) is 5.92 Å². The van der Waals surface area contributed by atoms with Gasteiger partial charge in [-0.25, -0.2) is 9.59 Å². The molecule has 3 fully saturated rings. The molecule has 0 aromatic heterocycles. The Hall–Kier alpha value is -3.85. The number of nitrogens with one attached hydrogen (secondary N) is 2. The number of urea groups is 1. The third-order valence-electron chi connectivity index (χ3n) is 8.01. The molecule has 9 heteroatoms. The Balaban J connectivity index is 1.23. The lowest BCUT2D eigenvalue weighted by atomic mass is 9.76. The van der Waals surface area contributed by atoms with Gasteiger partial charge in [0.25, 0.3) is 0 Å². The van der Waals surface area contributed by atoms with Crippen LogP contribution in [0.25, 0.3) is 6.08 Å². The number of nitrogens with zero attached hydrogens (tertiary/aromatic N) is 2. The SMILES string of the molecule is O=C(O)NC/C=C/c1ccc([C@@H](c2ccccc2)C2CCN(C(=O)N3CC[C@@H]4OCC(=O)N[C@@H]4C3)CC2)cc1. The molecule has 9 nitrogen and oxygen atoms in total. The van der Waals surface area contributed by atoms with Gasteiger partial charge in [0.05, 0.1) is 12.1 Å². The highest BCUT2D eigenvalue weighted by Gasteiger charge is 2.38. The number of fused-ring (bicyclic) bond motifs is 1. The first-order valence-corrected chi connectivity index (χ1v) is 13.7. The Morgan fingerprint density at radius 3 is 2.41 bits per heavy atom. The molecular formula is C30H36N4O5. The summed E-state index contributed by atoms with van der Waals surface area (Å²) in [6, 6.07) is 18.9. The van der Waals surface area contributed by atoms with Crippen molar-refractivity contribution in [1.29, 1.82) is 0 Å². The van der Waals surface area contributed by atoms with Crippen LogP contribution in [0, 0.1) is 5.92 Å². The highest BCUT2D eigenvalue weighted by Crippen LogP contribution is 2.38. The van der Waals surface area contributed by atoms with Crippen LogP contribution >= 0.6 is 0 Å². The fraction of sp³-hybridized carbons (Fsp3) is 0.433. The number of morpholine rings is 1. The zero-order chi connectivity index (χ0) is 27.2. The third-order valence-corrected chi connectivity index (χ3v) is 8.01. The zero-order valence-corrected chi connectivity index (χ0v) is 22.0. The van der Waals surface area contributed by atoms with Gasteiger partial charge in [-0.2, -0.15) is 0 Å². The maximum absolute atomic E-state index is 13.4. The second-order valence-electron chi connectivity index (χ2n) is 10.5. The van der Waals surface area contributed by atoms with Gasteiger partial charge in [-0.15, -0.1) is 0 Å². The molecule has 0 radical (unpaired) electrons. The standard InChI is InChI=1S/C30H36N4O5/c35-27-20-39-26-14-18-34(19-25(26)32-27)30(38)33-16-12-24(13-17-33)28(22-6-2-1-3-7-22)23-10-8-21(9-11-23)5-4-15-31-29(36)37/h1-11,24-26,28,31H,12-20H2,(H,32,35)(H,36,37)/b5-4+/t25-,26+,28-/m1/s1. The van der Waals surface area contributed by atoms with Gasteiger partial charge in [0.1, 0.15) is 6.61 Å². The average Bonchev–Trinajstić information content (AvgIpc) is 2.96. The van der Waals surface area contributed by atoms with E-state index in [-0.39, 0.29) is 43.2 Å². The van der Waals surface area contributed by atoms with Gasteiger partial charge in [-0.1, -0.05) is 66.7 Å². The number of carbonyl (C=O) groups is 3. The van der Waals surface area contributed by atoms with E-state index in [1.54, 1.807) is 6.08 Å². The summed E-state index contributed by atoms with van der Waals surface area (Å²) in [7, 11) is 0. The normalized spacial score (nSPS) is 22.7. The van der Waals surface area contributed by atoms with Crippen molar-refractivity contribution in [3.8, 4) is 0 Å². The summed E-state index contributed by atoms with van der Waals surface area (Å²) in [5.74, 6) is 0.507. The van der Waals surface area contributed by atoms with Crippen LogP contribution in [-0.2, 0) is 9.53 Å². The molecule has 0 unspecified atom stereocenters. The largest absolute Gasteiger partial charge is 0.465 e. The molecule has 5 rings (SSSR count). The number of likely N-dealkylation sites (tertiary alicyclic amines) is 2. The van der Waals surface area contributed by atoms with Crippen molar-refractivity contribution in [3.63, 3.8) is 0 Å². The molecule has 3 atom stereocenters. The molecule has 3 saturated heterocycles. The van der Waals surface area contributed by atoms with E-state index in [1.807, 2.05) is 21.9 Å². The summed E-state index contributed by atoms with van der Waals surface area (Å²) in [4.78, 5) is 39.6. The number of piperidine rings is 2. The molecule has 0 aliphatic carbocycles. The quantitative estimate of drug-likeness (QED) is 0.527. The number of amides is 4. The van der Waals surface area contributed by atoms with Gasteiger partial charge in [0, 0.05) is 38.6 Å². The van der Waals surface area contributed by atoms with Gasteiger partial charge in [0.15, 0.2) is 0 Å². The van der Waals surface area contributed by atoms with Gasteiger partial charge >= 0.3 is 12.1 Å². The van der Waals surface area contributed by atoms with E-state index in [0.29, 0.717) is 32.1 Å². The van der Waals surface area contributed by atoms with Crippen LogP contribution in [0.3, 0.4) is 0 Å². The lowest BCUT2D eigenvalue weighted by Crippen LogP contribution is -2.62. The summed E-state index contributed by atoms with van der Waals surface area (Å²) < 4.78 is 5.64. The molecule has 2 aromatic rings. The van der Waals surface area contributed by atoms with Crippen molar-refractivity contribution in [3.05, 3.63) is 77.4 Å². The van der Waals surface area contributed by atoms with Gasteiger partial charge < -0.3 is 30.3 Å². The van der Waals surface area contributed by atoms with E-state index in [2.05, 4.69) is 59.2 Å². The highest BCUT2D eigenvalue weighted by atomic mass is 16.5. The van der Waals surface area contributed by atoms with Crippen LogP contribution < -0.4 is 10.6 Å². The molecule has 3 heterocycles. The predicted octanol–water partition coefficient (Wildman–Crippen LogP) is 3.52. The molecule has 3 aliphatic rings. The number of carbonyl (C=O) groups excluding carboxylic acids is 2. The second-order valence-corrected chi connectivity index (χ2v) is 10.5. The lowest BCUT2D eigenvalue weighted by Gasteiger charge is -2.44. The summed E-state index contributed by atoms with van der Waals surface area (Å²) in [6.07, 6.45) is 5.22. The van der Waals surface area contributed by atoms with Crippen LogP contribution in [0.4, 0.5) is 9.59 Å². The van der Waals surface area contributed by atoms with Gasteiger partial charge in [0.2, 0.25) is 5.91 Å². The lowest BCUT2D eigenvalue weighted by molar-refractivity contribution is -0.139. The molecule has 2 aromatic carbocycles. The molecule has 39 heavy (non-hydrogen) atoms. The summed E-state index contributed by atoms with van der Waals surface area (Å²) in [6.45, 7) is 2.93. The summed E-state index contributed by atoms with van der Waals surface area (Å²) in [5, 5.41) is 14.0. The number of benzene rings is 2. The van der Waals surface area contributed by atoms with Crippen molar-refractivity contribution in [1.82, 2.24) is 20.4 Å². The second kappa shape index (κ2) is 12.3. The number of rotatable bonds is 6. The maximum atomic E-state index is 13.4.